The third kappa shape index (κ3) is 4.45. The van der Waals surface area contributed by atoms with Crippen molar-refractivity contribution in [1.29, 1.82) is 0 Å². The molecule has 1 fully saturated rings. The fourth-order valence-electron chi connectivity index (χ4n) is 1.79. The van der Waals surface area contributed by atoms with Gasteiger partial charge in [-0.25, -0.2) is 0 Å². The van der Waals surface area contributed by atoms with E-state index in [0.717, 1.165) is 21.5 Å². The van der Waals surface area contributed by atoms with Gasteiger partial charge in [-0.1, -0.05) is 0 Å². The van der Waals surface area contributed by atoms with Crippen molar-refractivity contribution in [3.8, 4) is 0 Å². The highest BCUT2D eigenvalue weighted by Gasteiger charge is 2.33. The Morgan fingerprint density at radius 1 is 1.50 bits per heavy atom. The van der Waals surface area contributed by atoms with Crippen LogP contribution in [0.4, 0.5) is 0 Å². The van der Waals surface area contributed by atoms with E-state index in [9.17, 15) is 9.59 Å². The lowest BCUT2D eigenvalue weighted by Gasteiger charge is -2.19. The molecule has 1 heterocycles. The first-order valence-electron chi connectivity index (χ1n) is 6.49. The van der Waals surface area contributed by atoms with E-state index in [2.05, 4.69) is 15.9 Å². The molecule has 0 radical (unpaired) electrons. The molecule has 0 aliphatic heterocycles. The Morgan fingerprint density at radius 2 is 2.25 bits per heavy atom. The molecule has 1 aliphatic rings. The van der Waals surface area contributed by atoms with Crippen molar-refractivity contribution in [2.75, 3.05) is 13.2 Å². The number of carbonyl (C=O) groups excluding carboxylic acids is 2. The van der Waals surface area contributed by atoms with Crippen LogP contribution in [-0.4, -0.2) is 36.0 Å². The smallest absolute Gasteiger partial charge is 0.325 e. The van der Waals surface area contributed by atoms with Crippen molar-refractivity contribution < 1.29 is 14.3 Å². The Balaban J connectivity index is 1.96. The molecule has 1 aliphatic carbocycles. The Labute approximate surface area is 130 Å². The van der Waals surface area contributed by atoms with Gasteiger partial charge in [0.25, 0.3) is 0 Å². The van der Waals surface area contributed by atoms with Crippen molar-refractivity contribution in [3.05, 3.63) is 26.9 Å². The zero-order chi connectivity index (χ0) is 14.5. The van der Waals surface area contributed by atoms with E-state index in [1.54, 1.807) is 29.2 Å². The van der Waals surface area contributed by atoms with Crippen LogP contribution in [0.3, 0.4) is 0 Å². The van der Waals surface area contributed by atoms with E-state index in [4.69, 9.17) is 4.74 Å². The summed E-state index contributed by atoms with van der Waals surface area (Å²) in [6.45, 7) is 2.14. The molecular weight excluding hydrogens is 342 g/mol. The molecule has 0 N–H and O–H groups in total. The highest BCUT2D eigenvalue weighted by molar-refractivity contribution is 9.11. The lowest BCUT2D eigenvalue weighted by atomic mass is 10.3. The summed E-state index contributed by atoms with van der Waals surface area (Å²) < 4.78 is 5.93. The number of amides is 1. The molecule has 2 rings (SSSR count). The Kier molecular flexibility index (Phi) is 5.37. The highest BCUT2D eigenvalue weighted by Crippen LogP contribution is 2.27. The molecule has 4 nitrogen and oxygen atoms in total. The number of esters is 1. The molecule has 0 spiro atoms. The first-order valence-corrected chi connectivity index (χ1v) is 8.10. The Bertz CT molecular complexity index is 522. The van der Waals surface area contributed by atoms with Crippen LogP contribution in [0.5, 0.6) is 0 Å². The molecule has 20 heavy (non-hydrogen) atoms. The van der Waals surface area contributed by atoms with Crippen LogP contribution in [0.2, 0.25) is 0 Å². The Morgan fingerprint density at radius 3 is 2.80 bits per heavy atom. The highest BCUT2D eigenvalue weighted by atomic mass is 79.9. The van der Waals surface area contributed by atoms with Gasteiger partial charge < -0.3 is 9.64 Å². The molecule has 1 saturated carbocycles. The number of hydrogen-bond acceptors (Lipinski definition) is 4. The second kappa shape index (κ2) is 7.04. The molecule has 1 aromatic heterocycles. The normalized spacial score (nSPS) is 14.5. The first kappa shape index (κ1) is 15.3. The molecule has 108 valence electrons. The average molecular weight is 358 g/mol. The van der Waals surface area contributed by atoms with Gasteiger partial charge in [-0.05, 0) is 53.9 Å². The average Bonchev–Trinajstić information content (AvgIpc) is 3.16. The van der Waals surface area contributed by atoms with Gasteiger partial charge >= 0.3 is 5.97 Å². The fourth-order valence-corrected chi connectivity index (χ4v) is 3.11. The number of rotatable bonds is 6. The monoisotopic (exact) mass is 357 g/mol. The second-order valence-electron chi connectivity index (χ2n) is 4.48. The Hall–Kier alpha value is -1.14. The van der Waals surface area contributed by atoms with E-state index in [1.165, 1.54) is 6.08 Å². The maximum Gasteiger partial charge on any atom is 0.325 e. The van der Waals surface area contributed by atoms with Crippen LogP contribution >= 0.6 is 27.3 Å². The van der Waals surface area contributed by atoms with E-state index in [-0.39, 0.29) is 24.5 Å². The molecule has 1 amide bonds. The van der Waals surface area contributed by atoms with Crippen molar-refractivity contribution in [2.45, 2.75) is 25.8 Å². The first-order chi connectivity index (χ1) is 9.60. The molecule has 0 unspecified atom stereocenters. The topological polar surface area (TPSA) is 46.6 Å². The summed E-state index contributed by atoms with van der Waals surface area (Å²) in [5.41, 5.74) is 0. The summed E-state index contributed by atoms with van der Waals surface area (Å²) >= 11 is 4.93. The SMILES string of the molecule is CCOC(=O)CN(C(=O)C=Cc1ccc(Br)s1)C1CC1. The van der Waals surface area contributed by atoms with Crippen LogP contribution < -0.4 is 0 Å². The van der Waals surface area contributed by atoms with Crippen LogP contribution in [-0.2, 0) is 14.3 Å². The van der Waals surface area contributed by atoms with Crippen molar-refractivity contribution >= 4 is 45.2 Å². The second-order valence-corrected chi connectivity index (χ2v) is 6.97. The molecule has 0 bridgehead atoms. The van der Waals surface area contributed by atoms with Crippen molar-refractivity contribution in [2.24, 2.45) is 0 Å². The van der Waals surface area contributed by atoms with Gasteiger partial charge in [-0.2, -0.15) is 0 Å². The zero-order valence-electron chi connectivity index (χ0n) is 11.2. The van der Waals surface area contributed by atoms with Crippen LogP contribution in [0.25, 0.3) is 6.08 Å². The molecule has 0 saturated heterocycles. The predicted molar refractivity (Wildman–Crippen MR) is 82.4 cm³/mol. The maximum atomic E-state index is 12.2. The van der Waals surface area contributed by atoms with Crippen molar-refractivity contribution in [1.82, 2.24) is 4.90 Å². The molecule has 1 aromatic rings. The van der Waals surface area contributed by atoms with E-state index in [0.29, 0.717) is 6.61 Å². The zero-order valence-corrected chi connectivity index (χ0v) is 13.6. The van der Waals surface area contributed by atoms with E-state index >= 15 is 0 Å². The third-order valence-electron chi connectivity index (χ3n) is 2.86. The number of nitrogens with zero attached hydrogens (tertiary/aromatic N) is 1. The van der Waals surface area contributed by atoms with Gasteiger partial charge in [0.15, 0.2) is 0 Å². The summed E-state index contributed by atoms with van der Waals surface area (Å²) in [6.07, 6.45) is 5.22. The minimum absolute atomic E-state index is 0.0375. The lowest BCUT2D eigenvalue weighted by Crippen LogP contribution is -2.37. The molecule has 0 atom stereocenters. The minimum Gasteiger partial charge on any atom is -0.465 e. The van der Waals surface area contributed by atoms with Crippen LogP contribution in [0.15, 0.2) is 22.0 Å². The van der Waals surface area contributed by atoms with Crippen LogP contribution in [0, 0.1) is 0 Å². The summed E-state index contributed by atoms with van der Waals surface area (Å²) in [5, 5.41) is 0. The quantitative estimate of drug-likeness (QED) is 0.580. The summed E-state index contributed by atoms with van der Waals surface area (Å²) in [5.74, 6) is -0.481. The van der Waals surface area contributed by atoms with Gasteiger partial charge in [0.2, 0.25) is 5.91 Å². The van der Waals surface area contributed by atoms with Gasteiger partial charge in [0, 0.05) is 17.0 Å². The van der Waals surface area contributed by atoms with Gasteiger partial charge in [0.05, 0.1) is 10.4 Å². The molecular formula is C14H16BrNO3S. The summed E-state index contributed by atoms with van der Waals surface area (Å²) in [7, 11) is 0. The van der Waals surface area contributed by atoms with E-state index < -0.39 is 0 Å². The van der Waals surface area contributed by atoms with Gasteiger partial charge in [-0.3, -0.25) is 9.59 Å². The van der Waals surface area contributed by atoms with Crippen LogP contribution in [0.1, 0.15) is 24.6 Å². The number of carbonyl (C=O) groups is 2. The molecule has 0 aromatic carbocycles. The lowest BCUT2D eigenvalue weighted by molar-refractivity contribution is -0.148. The maximum absolute atomic E-state index is 12.2. The largest absolute Gasteiger partial charge is 0.465 e. The van der Waals surface area contributed by atoms with Crippen molar-refractivity contribution in [3.63, 3.8) is 0 Å². The van der Waals surface area contributed by atoms with Gasteiger partial charge in [0.1, 0.15) is 6.54 Å². The number of ether oxygens (including phenoxy) is 1. The summed E-state index contributed by atoms with van der Waals surface area (Å²) in [4.78, 5) is 26.3. The fraction of sp³-hybridized carbons (Fsp3) is 0.429. The number of hydrogen-bond donors (Lipinski definition) is 0. The number of halogens is 1. The standard InChI is InChI=1S/C14H16BrNO3S/c1-2-19-14(18)9-16(10-3-4-10)13(17)8-6-11-5-7-12(15)20-11/h5-8,10H,2-4,9H2,1H3. The molecule has 6 heteroatoms. The summed E-state index contributed by atoms with van der Waals surface area (Å²) in [6, 6.07) is 4.06. The third-order valence-corrected chi connectivity index (χ3v) is 4.45. The number of thiophene rings is 1. The van der Waals surface area contributed by atoms with E-state index in [1.807, 2.05) is 12.1 Å². The van der Waals surface area contributed by atoms with Gasteiger partial charge in [-0.15, -0.1) is 11.3 Å². The predicted octanol–water partition coefficient (Wildman–Crippen LogP) is 3.08. The minimum atomic E-state index is -0.347.